The van der Waals surface area contributed by atoms with Crippen molar-refractivity contribution in [3.63, 3.8) is 0 Å². The summed E-state index contributed by atoms with van der Waals surface area (Å²) in [6.45, 7) is 2.29. The molecule has 19 heavy (non-hydrogen) atoms. The van der Waals surface area contributed by atoms with Crippen molar-refractivity contribution in [2.75, 3.05) is 6.16 Å². The highest BCUT2D eigenvalue weighted by Gasteiger charge is 1.94. The standard InChI is InChI=1S/C18H31P/c1-2-3-4-5-6-7-8-9-10-14-17-19-18-15-12-11-13-16-18/h11-13,15-16,19H,2-10,14,17H2,1H3. The first kappa shape index (κ1) is 16.7. The normalized spacial score (nSPS) is 11.4. The molecule has 1 atom stereocenters. The second-order valence-electron chi connectivity index (χ2n) is 5.47. The molecule has 0 fully saturated rings. The quantitative estimate of drug-likeness (QED) is 0.329. The third kappa shape index (κ3) is 10.1. The molecule has 1 aromatic carbocycles. The molecule has 1 rings (SSSR count). The first-order valence-electron chi connectivity index (χ1n) is 8.22. The van der Waals surface area contributed by atoms with Crippen LogP contribution in [0.5, 0.6) is 0 Å². The van der Waals surface area contributed by atoms with Crippen LogP contribution in [0, 0.1) is 0 Å². The van der Waals surface area contributed by atoms with Crippen LogP contribution in [-0.4, -0.2) is 6.16 Å². The summed E-state index contributed by atoms with van der Waals surface area (Å²) >= 11 is 0. The highest BCUT2D eigenvalue weighted by Crippen LogP contribution is 2.15. The van der Waals surface area contributed by atoms with Crippen LogP contribution in [0.4, 0.5) is 0 Å². The Morgan fingerprint density at radius 3 is 1.79 bits per heavy atom. The first-order valence-corrected chi connectivity index (χ1v) is 9.43. The van der Waals surface area contributed by atoms with Gasteiger partial charge in [-0.1, -0.05) is 104 Å². The van der Waals surface area contributed by atoms with E-state index in [2.05, 4.69) is 37.3 Å². The van der Waals surface area contributed by atoms with E-state index in [1.165, 1.54) is 75.7 Å². The second kappa shape index (κ2) is 12.7. The highest BCUT2D eigenvalue weighted by atomic mass is 31.1. The molecular weight excluding hydrogens is 247 g/mol. The van der Waals surface area contributed by atoms with E-state index in [1.54, 1.807) is 0 Å². The number of hydrogen-bond acceptors (Lipinski definition) is 0. The second-order valence-corrected chi connectivity index (χ2v) is 6.91. The topological polar surface area (TPSA) is 0 Å². The van der Waals surface area contributed by atoms with E-state index in [1.807, 2.05) is 0 Å². The first-order chi connectivity index (χ1) is 9.43. The molecule has 0 radical (unpaired) electrons. The summed E-state index contributed by atoms with van der Waals surface area (Å²) in [5.41, 5.74) is 0. The smallest absolute Gasteiger partial charge is 0.0271 e. The molecule has 0 bridgehead atoms. The van der Waals surface area contributed by atoms with Crippen molar-refractivity contribution in [2.45, 2.75) is 71.1 Å². The van der Waals surface area contributed by atoms with E-state index in [0.29, 0.717) is 0 Å². The van der Waals surface area contributed by atoms with E-state index in [-0.39, 0.29) is 0 Å². The van der Waals surface area contributed by atoms with Gasteiger partial charge in [0.1, 0.15) is 0 Å². The maximum absolute atomic E-state index is 2.29. The fraction of sp³-hybridized carbons (Fsp3) is 0.667. The van der Waals surface area contributed by atoms with Crippen molar-refractivity contribution >= 4 is 13.9 Å². The van der Waals surface area contributed by atoms with Crippen molar-refractivity contribution in [1.82, 2.24) is 0 Å². The zero-order valence-electron chi connectivity index (χ0n) is 12.7. The van der Waals surface area contributed by atoms with Crippen molar-refractivity contribution < 1.29 is 0 Å². The van der Waals surface area contributed by atoms with Crippen LogP contribution in [0.1, 0.15) is 71.1 Å². The van der Waals surface area contributed by atoms with E-state index in [4.69, 9.17) is 0 Å². The summed E-state index contributed by atoms with van der Waals surface area (Å²) in [6, 6.07) is 10.9. The molecule has 0 saturated carbocycles. The fourth-order valence-electron chi connectivity index (χ4n) is 2.40. The zero-order chi connectivity index (χ0) is 13.6. The maximum Gasteiger partial charge on any atom is -0.0271 e. The number of unbranched alkanes of at least 4 members (excludes halogenated alkanes) is 9. The Labute approximate surface area is 122 Å². The van der Waals surface area contributed by atoms with Crippen LogP contribution in [0.25, 0.3) is 0 Å². The molecule has 0 spiro atoms. The van der Waals surface area contributed by atoms with Crippen LogP contribution in [-0.2, 0) is 0 Å². The molecule has 1 aromatic rings. The summed E-state index contributed by atoms with van der Waals surface area (Å²) < 4.78 is 0. The Balaban J connectivity index is 1.79. The van der Waals surface area contributed by atoms with Gasteiger partial charge in [-0.2, -0.15) is 0 Å². The van der Waals surface area contributed by atoms with Crippen molar-refractivity contribution in [3.05, 3.63) is 30.3 Å². The average molecular weight is 278 g/mol. The molecule has 0 aliphatic carbocycles. The largest absolute Gasteiger partial charge is 0.0904 e. The number of benzene rings is 1. The fourth-order valence-corrected chi connectivity index (χ4v) is 3.54. The molecular formula is C18H31P. The summed E-state index contributed by atoms with van der Waals surface area (Å²) in [5, 5.41) is 1.53. The van der Waals surface area contributed by atoms with Crippen LogP contribution >= 0.6 is 8.58 Å². The van der Waals surface area contributed by atoms with Gasteiger partial charge in [0.25, 0.3) is 0 Å². The lowest BCUT2D eigenvalue weighted by Crippen LogP contribution is -1.93. The van der Waals surface area contributed by atoms with Crippen LogP contribution in [0.15, 0.2) is 30.3 Å². The Bertz CT molecular complexity index is 281. The van der Waals surface area contributed by atoms with Gasteiger partial charge < -0.3 is 0 Å². The molecule has 0 aliphatic rings. The Kier molecular flexibility index (Phi) is 11.1. The van der Waals surface area contributed by atoms with E-state index in [0.717, 1.165) is 8.58 Å². The molecule has 0 heterocycles. The summed E-state index contributed by atoms with van der Waals surface area (Å²) in [6.07, 6.45) is 15.8. The lowest BCUT2D eigenvalue weighted by molar-refractivity contribution is 0.563. The molecule has 0 N–H and O–H groups in total. The van der Waals surface area contributed by atoms with Gasteiger partial charge in [0.15, 0.2) is 0 Å². The van der Waals surface area contributed by atoms with Crippen molar-refractivity contribution in [2.24, 2.45) is 0 Å². The van der Waals surface area contributed by atoms with Crippen LogP contribution in [0.3, 0.4) is 0 Å². The predicted octanol–water partition coefficient (Wildman–Crippen LogP) is 5.91. The molecule has 0 amide bonds. The third-order valence-electron chi connectivity index (χ3n) is 3.63. The Morgan fingerprint density at radius 1 is 0.684 bits per heavy atom. The van der Waals surface area contributed by atoms with Crippen LogP contribution < -0.4 is 5.30 Å². The van der Waals surface area contributed by atoms with Crippen LogP contribution in [0.2, 0.25) is 0 Å². The zero-order valence-corrected chi connectivity index (χ0v) is 13.7. The van der Waals surface area contributed by atoms with Gasteiger partial charge in [0.05, 0.1) is 0 Å². The highest BCUT2D eigenvalue weighted by molar-refractivity contribution is 7.47. The number of hydrogen-bond donors (Lipinski definition) is 0. The van der Waals surface area contributed by atoms with Gasteiger partial charge in [-0.15, -0.1) is 0 Å². The minimum Gasteiger partial charge on any atom is -0.0904 e. The van der Waals surface area contributed by atoms with Crippen molar-refractivity contribution in [3.8, 4) is 0 Å². The van der Waals surface area contributed by atoms with E-state index < -0.39 is 0 Å². The van der Waals surface area contributed by atoms with E-state index >= 15 is 0 Å². The molecule has 0 aromatic heterocycles. The molecule has 1 heteroatoms. The van der Waals surface area contributed by atoms with Gasteiger partial charge in [-0.05, 0) is 17.9 Å². The summed E-state index contributed by atoms with van der Waals surface area (Å²) in [4.78, 5) is 0. The van der Waals surface area contributed by atoms with Gasteiger partial charge >= 0.3 is 0 Å². The average Bonchev–Trinajstić information content (AvgIpc) is 2.46. The van der Waals surface area contributed by atoms with Gasteiger partial charge in [-0.3, -0.25) is 0 Å². The number of rotatable bonds is 12. The Hall–Kier alpha value is -0.350. The third-order valence-corrected chi connectivity index (χ3v) is 4.98. The monoisotopic (exact) mass is 278 g/mol. The predicted molar refractivity (Wildman–Crippen MR) is 91.1 cm³/mol. The molecule has 0 saturated heterocycles. The molecule has 0 nitrogen and oxygen atoms in total. The lowest BCUT2D eigenvalue weighted by Gasteiger charge is -2.03. The lowest BCUT2D eigenvalue weighted by atomic mass is 10.1. The summed E-state index contributed by atoms with van der Waals surface area (Å²) in [5.74, 6) is 0. The van der Waals surface area contributed by atoms with E-state index in [9.17, 15) is 0 Å². The van der Waals surface area contributed by atoms with Gasteiger partial charge in [0.2, 0.25) is 0 Å². The molecule has 108 valence electrons. The van der Waals surface area contributed by atoms with Crippen molar-refractivity contribution in [1.29, 1.82) is 0 Å². The van der Waals surface area contributed by atoms with Gasteiger partial charge in [0, 0.05) is 0 Å². The minimum absolute atomic E-state index is 1.02. The summed E-state index contributed by atoms with van der Waals surface area (Å²) in [7, 11) is 1.02. The molecule has 0 aliphatic heterocycles. The minimum atomic E-state index is 1.02. The SMILES string of the molecule is CCCCCCCCCCCCPc1ccccc1. The Morgan fingerprint density at radius 2 is 1.21 bits per heavy atom. The molecule has 1 unspecified atom stereocenters. The van der Waals surface area contributed by atoms with Gasteiger partial charge in [-0.25, -0.2) is 0 Å². The maximum atomic E-state index is 2.29.